The molecule has 3 atom stereocenters. The van der Waals surface area contributed by atoms with Crippen LogP contribution in [0.1, 0.15) is 84.5 Å². The van der Waals surface area contributed by atoms with Crippen LogP contribution in [0.25, 0.3) is 0 Å². The van der Waals surface area contributed by atoms with E-state index in [4.69, 9.17) is 4.74 Å². The molecule has 178 valence electrons. The molecule has 31 heavy (non-hydrogen) atoms. The van der Waals surface area contributed by atoms with Crippen molar-refractivity contribution in [1.29, 1.82) is 0 Å². The van der Waals surface area contributed by atoms with E-state index in [0.717, 1.165) is 49.2 Å². The number of rotatable bonds is 16. The molecule has 0 aliphatic heterocycles. The molecule has 1 rings (SSSR count). The van der Waals surface area contributed by atoms with E-state index in [0.29, 0.717) is 37.9 Å². The summed E-state index contributed by atoms with van der Waals surface area (Å²) in [5, 5.41) is 20.8. The molecule has 0 bridgehead atoms. The second-order valence-electron chi connectivity index (χ2n) is 7.99. The van der Waals surface area contributed by atoms with Gasteiger partial charge in [-0.3, -0.25) is 9.59 Å². The van der Waals surface area contributed by atoms with Gasteiger partial charge in [0.1, 0.15) is 5.76 Å². The van der Waals surface area contributed by atoms with Gasteiger partial charge in [-0.2, -0.15) is 0 Å². The molecule has 2 N–H and O–H groups in total. The van der Waals surface area contributed by atoms with Gasteiger partial charge in [0.05, 0.1) is 19.3 Å². The number of ether oxygens (including phenoxy) is 2. The Morgan fingerprint density at radius 1 is 1.10 bits per heavy atom. The maximum absolute atomic E-state index is 12.0. The molecule has 0 spiro atoms. The van der Waals surface area contributed by atoms with Crippen molar-refractivity contribution in [3.05, 3.63) is 22.8 Å². The maximum Gasteiger partial charge on any atom is 0.310 e. The van der Waals surface area contributed by atoms with Gasteiger partial charge in [0.15, 0.2) is 0 Å². The van der Waals surface area contributed by atoms with Gasteiger partial charge in [0, 0.05) is 30.1 Å². The zero-order valence-corrected chi connectivity index (χ0v) is 20.1. The molecule has 1 aliphatic carbocycles. The number of unbranched alkanes of at least 4 members (excludes halogenated alkanes) is 4. The molecule has 0 amide bonds. The zero-order valence-electron chi connectivity index (χ0n) is 19.3. The molecule has 0 unspecified atom stereocenters. The highest BCUT2D eigenvalue weighted by Crippen LogP contribution is 2.41. The topological polar surface area (TPSA) is 93.1 Å². The molecule has 0 saturated carbocycles. The Kier molecular flexibility index (Phi) is 14.6. The highest BCUT2D eigenvalue weighted by molar-refractivity contribution is 8.03. The summed E-state index contributed by atoms with van der Waals surface area (Å²) in [4.78, 5) is 24.1. The number of thioether (sulfide) groups is 1. The summed E-state index contributed by atoms with van der Waals surface area (Å²) in [6, 6.07) is 0. The summed E-state index contributed by atoms with van der Waals surface area (Å²) in [5.41, 5.74) is 0. The minimum Gasteiger partial charge on any atom is -0.469 e. The van der Waals surface area contributed by atoms with Gasteiger partial charge in [-0.25, -0.2) is 0 Å². The van der Waals surface area contributed by atoms with Crippen molar-refractivity contribution < 1.29 is 29.3 Å². The fourth-order valence-electron chi connectivity index (χ4n) is 3.44. The Morgan fingerprint density at radius 2 is 1.87 bits per heavy atom. The monoisotopic (exact) mass is 456 g/mol. The smallest absolute Gasteiger partial charge is 0.310 e. The van der Waals surface area contributed by atoms with Crippen molar-refractivity contribution in [2.45, 2.75) is 96.7 Å². The highest BCUT2D eigenvalue weighted by Gasteiger charge is 2.34. The maximum atomic E-state index is 12.0. The van der Waals surface area contributed by atoms with Crippen LogP contribution in [-0.2, 0) is 19.1 Å². The van der Waals surface area contributed by atoms with Crippen LogP contribution >= 0.6 is 11.8 Å². The summed E-state index contributed by atoms with van der Waals surface area (Å²) < 4.78 is 10.2. The van der Waals surface area contributed by atoms with Crippen LogP contribution in [0.2, 0.25) is 0 Å². The SMILES string of the molecule is CCCCC[C@H](O)/C=C/[C@@H]1C(SCCCCCC(=O)OC)=C(OC(=O)CCC)C[C@H]1O. The van der Waals surface area contributed by atoms with Crippen LogP contribution in [0.5, 0.6) is 0 Å². The van der Waals surface area contributed by atoms with E-state index in [1.165, 1.54) is 7.11 Å². The minimum absolute atomic E-state index is 0.193. The predicted molar refractivity (Wildman–Crippen MR) is 124 cm³/mol. The van der Waals surface area contributed by atoms with E-state index < -0.39 is 12.2 Å². The minimum atomic E-state index is -0.662. The number of aliphatic hydroxyl groups is 2. The number of hydrogen-bond acceptors (Lipinski definition) is 7. The van der Waals surface area contributed by atoms with Crippen LogP contribution in [0.4, 0.5) is 0 Å². The summed E-state index contributed by atoms with van der Waals surface area (Å²) in [6.07, 6.45) is 10.7. The lowest BCUT2D eigenvalue weighted by atomic mass is 10.0. The van der Waals surface area contributed by atoms with E-state index in [2.05, 4.69) is 11.7 Å². The summed E-state index contributed by atoms with van der Waals surface area (Å²) in [6.45, 7) is 4.05. The fourth-order valence-corrected chi connectivity index (χ4v) is 4.72. The Labute approximate surface area is 191 Å². The molecule has 0 aromatic heterocycles. The molecule has 7 heteroatoms. The molecule has 0 radical (unpaired) electrons. The van der Waals surface area contributed by atoms with E-state index in [-0.39, 0.29) is 17.9 Å². The van der Waals surface area contributed by atoms with Crippen molar-refractivity contribution >= 4 is 23.7 Å². The normalized spacial score (nSPS) is 19.8. The lowest BCUT2D eigenvalue weighted by Gasteiger charge is -2.15. The lowest BCUT2D eigenvalue weighted by molar-refractivity contribution is -0.141. The third-order valence-corrected chi connectivity index (χ3v) is 6.54. The van der Waals surface area contributed by atoms with Crippen molar-refractivity contribution in [1.82, 2.24) is 0 Å². The van der Waals surface area contributed by atoms with Gasteiger partial charge >= 0.3 is 11.9 Å². The van der Waals surface area contributed by atoms with Gasteiger partial charge < -0.3 is 19.7 Å². The fraction of sp³-hybridized carbons (Fsp3) is 0.750. The average molecular weight is 457 g/mol. The lowest BCUT2D eigenvalue weighted by Crippen LogP contribution is -2.14. The summed E-state index contributed by atoms with van der Waals surface area (Å²) in [7, 11) is 1.39. The number of esters is 2. The van der Waals surface area contributed by atoms with Crippen molar-refractivity contribution in [2.24, 2.45) is 5.92 Å². The van der Waals surface area contributed by atoms with Crippen molar-refractivity contribution in [3.8, 4) is 0 Å². The third-order valence-electron chi connectivity index (χ3n) is 5.23. The Morgan fingerprint density at radius 3 is 2.55 bits per heavy atom. The number of hydrogen-bond donors (Lipinski definition) is 2. The number of methoxy groups -OCH3 is 1. The van der Waals surface area contributed by atoms with E-state index in [1.54, 1.807) is 17.8 Å². The Bertz CT molecular complexity index is 601. The summed E-state index contributed by atoms with van der Waals surface area (Å²) in [5.74, 6) is 0.625. The molecule has 6 nitrogen and oxygen atoms in total. The quantitative estimate of drug-likeness (QED) is 0.194. The summed E-state index contributed by atoms with van der Waals surface area (Å²) >= 11 is 1.60. The molecule has 0 aromatic rings. The van der Waals surface area contributed by atoms with Crippen molar-refractivity contribution in [2.75, 3.05) is 12.9 Å². The molecule has 0 aromatic carbocycles. The van der Waals surface area contributed by atoms with Gasteiger partial charge in [-0.05, 0) is 31.4 Å². The van der Waals surface area contributed by atoms with Crippen LogP contribution < -0.4 is 0 Å². The van der Waals surface area contributed by atoms with E-state index in [1.807, 2.05) is 13.0 Å². The number of carbonyl (C=O) groups is 2. The predicted octanol–water partition coefficient (Wildman–Crippen LogP) is 4.89. The van der Waals surface area contributed by atoms with Crippen LogP contribution in [0.15, 0.2) is 22.8 Å². The first-order valence-electron chi connectivity index (χ1n) is 11.6. The third kappa shape index (κ3) is 11.2. The molecule has 0 heterocycles. The first kappa shape index (κ1) is 27.7. The Hall–Kier alpha value is -1.31. The zero-order chi connectivity index (χ0) is 23.1. The van der Waals surface area contributed by atoms with E-state index in [9.17, 15) is 19.8 Å². The number of aliphatic hydroxyl groups excluding tert-OH is 2. The van der Waals surface area contributed by atoms with Crippen LogP contribution in [-0.4, -0.2) is 47.2 Å². The molecular weight excluding hydrogens is 416 g/mol. The average Bonchev–Trinajstić information content (AvgIpc) is 3.02. The molecule has 0 saturated heterocycles. The second-order valence-corrected chi connectivity index (χ2v) is 9.13. The van der Waals surface area contributed by atoms with Crippen molar-refractivity contribution in [3.63, 3.8) is 0 Å². The van der Waals surface area contributed by atoms with Gasteiger partial charge in [-0.15, -0.1) is 11.8 Å². The first-order chi connectivity index (χ1) is 14.9. The molecule has 1 aliphatic rings. The molecular formula is C24H40O6S. The van der Waals surface area contributed by atoms with Crippen LogP contribution in [0.3, 0.4) is 0 Å². The molecule has 0 fully saturated rings. The number of carbonyl (C=O) groups excluding carboxylic acids is 2. The first-order valence-corrected chi connectivity index (χ1v) is 12.6. The van der Waals surface area contributed by atoms with Crippen LogP contribution in [0, 0.1) is 5.92 Å². The second kappa shape index (κ2) is 16.3. The standard InChI is InChI=1S/C24H40O6S/c1-4-6-8-12-18(25)14-15-19-20(26)17-21(30-23(28)11-5-2)24(19)31-16-10-7-9-13-22(27)29-3/h14-15,18-20,25-26H,4-13,16-17H2,1-3H3/b15-14+/t18-,19-,20+/m0/s1. The van der Waals surface area contributed by atoms with E-state index >= 15 is 0 Å². The largest absolute Gasteiger partial charge is 0.469 e. The van der Waals surface area contributed by atoms with Gasteiger partial charge in [0.2, 0.25) is 0 Å². The van der Waals surface area contributed by atoms with Gasteiger partial charge in [0.25, 0.3) is 0 Å². The Balaban J connectivity index is 2.72. The van der Waals surface area contributed by atoms with Gasteiger partial charge in [-0.1, -0.05) is 51.7 Å². The highest BCUT2D eigenvalue weighted by atomic mass is 32.2.